The van der Waals surface area contributed by atoms with Crippen LogP contribution in [0.2, 0.25) is 0 Å². The Bertz CT molecular complexity index is 603. The van der Waals surface area contributed by atoms with Gasteiger partial charge in [-0.2, -0.15) is 0 Å². The third kappa shape index (κ3) is 3.96. The van der Waals surface area contributed by atoms with Gasteiger partial charge in [-0.3, -0.25) is 4.98 Å². The zero-order chi connectivity index (χ0) is 14.4. The second kappa shape index (κ2) is 6.91. The van der Waals surface area contributed by atoms with E-state index in [1.165, 1.54) is 18.5 Å². The van der Waals surface area contributed by atoms with Gasteiger partial charge in [-0.05, 0) is 24.3 Å². The number of carbonyl (C=O) groups is 1. The summed E-state index contributed by atoms with van der Waals surface area (Å²) in [6.45, 7) is 0.545. The van der Waals surface area contributed by atoms with Crippen molar-refractivity contribution in [2.24, 2.45) is 0 Å². The molecule has 20 heavy (non-hydrogen) atoms. The molecule has 2 aromatic rings. The molecule has 0 bridgehead atoms. The maximum absolute atomic E-state index is 11.0. The SMILES string of the molecule is O=C(O)c1ccncc1OCCOc1cccc(Br)c1. The highest BCUT2D eigenvalue weighted by Crippen LogP contribution is 2.18. The molecular formula is C14H12BrNO4. The van der Waals surface area contributed by atoms with Gasteiger partial charge in [0.1, 0.15) is 24.5 Å². The van der Waals surface area contributed by atoms with Gasteiger partial charge in [0.2, 0.25) is 0 Å². The number of nitrogens with zero attached hydrogens (tertiary/aromatic N) is 1. The van der Waals surface area contributed by atoms with E-state index < -0.39 is 5.97 Å². The Labute approximate surface area is 124 Å². The number of pyridine rings is 1. The second-order valence-electron chi connectivity index (χ2n) is 3.83. The first kappa shape index (κ1) is 14.3. The zero-order valence-corrected chi connectivity index (χ0v) is 12.0. The number of halogens is 1. The van der Waals surface area contributed by atoms with E-state index in [0.29, 0.717) is 12.4 Å². The number of aromatic carboxylic acids is 1. The number of carboxylic acid groups (broad SMARTS) is 1. The highest BCUT2D eigenvalue weighted by molar-refractivity contribution is 9.10. The molecule has 6 heteroatoms. The first-order valence-electron chi connectivity index (χ1n) is 5.85. The van der Waals surface area contributed by atoms with E-state index in [1.54, 1.807) is 0 Å². The molecule has 104 valence electrons. The molecule has 0 aliphatic rings. The van der Waals surface area contributed by atoms with Crippen LogP contribution in [-0.2, 0) is 0 Å². The third-order valence-corrected chi connectivity index (χ3v) is 2.91. The van der Waals surface area contributed by atoms with Crippen molar-refractivity contribution in [2.75, 3.05) is 13.2 Å². The molecule has 1 N–H and O–H groups in total. The summed E-state index contributed by atoms with van der Waals surface area (Å²) < 4.78 is 11.8. The lowest BCUT2D eigenvalue weighted by atomic mass is 10.2. The molecule has 1 aromatic carbocycles. The van der Waals surface area contributed by atoms with E-state index in [1.807, 2.05) is 24.3 Å². The Kier molecular flexibility index (Phi) is 4.95. The Balaban J connectivity index is 1.86. The molecule has 0 saturated heterocycles. The van der Waals surface area contributed by atoms with Crippen LogP contribution in [0.1, 0.15) is 10.4 Å². The van der Waals surface area contributed by atoms with E-state index in [-0.39, 0.29) is 17.9 Å². The molecule has 0 amide bonds. The van der Waals surface area contributed by atoms with Gasteiger partial charge < -0.3 is 14.6 Å². The minimum Gasteiger partial charge on any atom is -0.490 e. The minimum absolute atomic E-state index is 0.0856. The van der Waals surface area contributed by atoms with Gasteiger partial charge in [0.25, 0.3) is 0 Å². The molecule has 0 saturated carbocycles. The number of benzene rings is 1. The van der Waals surface area contributed by atoms with E-state index in [0.717, 1.165) is 4.47 Å². The monoisotopic (exact) mass is 337 g/mol. The van der Waals surface area contributed by atoms with Crippen molar-refractivity contribution in [1.82, 2.24) is 4.98 Å². The number of hydrogen-bond acceptors (Lipinski definition) is 4. The van der Waals surface area contributed by atoms with E-state index in [9.17, 15) is 4.79 Å². The quantitative estimate of drug-likeness (QED) is 0.820. The second-order valence-corrected chi connectivity index (χ2v) is 4.75. The highest BCUT2D eigenvalue weighted by atomic mass is 79.9. The topological polar surface area (TPSA) is 68.7 Å². The fraction of sp³-hybridized carbons (Fsp3) is 0.143. The molecule has 2 rings (SSSR count). The summed E-state index contributed by atoms with van der Waals surface area (Å²) in [6.07, 6.45) is 2.79. The van der Waals surface area contributed by atoms with Gasteiger partial charge in [-0.25, -0.2) is 4.79 Å². The van der Waals surface area contributed by atoms with Crippen LogP contribution in [-0.4, -0.2) is 29.3 Å². The Morgan fingerprint density at radius 3 is 2.80 bits per heavy atom. The third-order valence-electron chi connectivity index (χ3n) is 2.42. The first-order chi connectivity index (χ1) is 9.66. The lowest BCUT2D eigenvalue weighted by Crippen LogP contribution is -2.11. The van der Waals surface area contributed by atoms with Gasteiger partial charge in [0, 0.05) is 10.7 Å². The molecule has 5 nitrogen and oxygen atoms in total. The molecule has 1 heterocycles. The molecular weight excluding hydrogens is 326 g/mol. The average molecular weight is 338 g/mol. The van der Waals surface area contributed by atoms with Gasteiger partial charge in [0.15, 0.2) is 5.75 Å². The summed E-state index contributed by atoms with van der Waals surface area (Å²) >= 11 is 3.35. The summed E-state index contributed by atoms with van der Waals surface area (Å²) in [7, 11) is 0. The molecule has 0 atom stereocenters. The van der Waals surface area contributed by atoms with Crippen LogP contribution in [0, 0.1) is 0 Å². The summed E-state index contributed by atoms with van der Waals surface area (Å²) in [4.78, 5) is 14.8. The van der Waals surface area contributed by atoms with Crippen molar-refractivity contribution in [2.45, 2.75) is 0 Å². The van der Waals surface area contributed by atoms with Gasteiger partial charge >= 0.3 is 5.97 Å². The number of carboxylic acids is 1. The van der Waals surface area contributed by atoms with Crippen molar-refractivity contribution in [1.29, 1.82) is 0 Å². The molecule has 0 aliphatic heterocycles. The lowest BCUT2D eigenvalue weighted by Gasteiger charge is -2.09. The van der Waals surface area contributed by atoms with Crippen molar-refractivity contribution < 1.29 is 19.4 Å². The van der Waals surface area contributed by atoms with Crippen LogP contribution >= 0.6 is 15.9 Å². The summed E-state index contributed by atoms with van der Waals surface area (Å²) in [5.41, 5.74) is 0.0856. The molecule has 0 aliphatic carbocycles. The van der Waals surface area contributed by atoms with Gasteiger partial charge in [-0.15, -0.1) is 0 Å². The molecule has 0 fully saturated rings. The molecule has 0 radical (unpaired) electrons. The fourth-order valence-corrected chi connectivity index (χ4v) is 1.92. The van der Waals surface area contributed by atoms with Crippen LogP contribution in [0.5, 0.6) is 11.5 Å². The maximum atomic E-state index is 11.0. The van der Waals surface area contributed by atoms with Crippen LogP contribution in [0.3, 0.4) is 0 Å². The van der Waals surface area contributed by atoms with E-state index >= 15 is 0 Å². The zero-order valence-electron chi connectivity index (χ0n) is 10.5. The van der Waals surface area contributed by atoms with Crippen LogP contribution in [0.4, 0.5) is 0 Å². The van der Waals surface area contributed by atoms with Crippen LogP contribution < -0.4 is 9.47 Å². The maximum Gasteiger partial charge on any atom is 0.339 e. The first-order valence-corrected chi connectivity index (χ1v) is 6.64. The normalized spacial score (nSPS) is 10.1. The minimum atomic E-state index is -1.05. The van der Waals surface area contributed by atoms with E-state index in [2.05, 4.69) is 20.9 Å². The van der Waals surface area contributed by atoms with Crippen molar-refractivity contribution in [3.63, 3.8) is 0 Å². The standard InChI is InChI=1S/C14H12BrNO4/c15-10-2-1-3-11(8-10)19-6-7-20-13-9-16-5-4-12(13)14(17)18/h1-5,8-9H,6-7H2,(H,17,18). The smallest absolute Gasteiger partial charge is 0.339 e. The summed E-state index contributed by atoms with van der Waals surface area (Å²) in [5, 5.41) is 8.99. The van der Waals surface area contributed by atoms with E-state index in [4.69, 9.17) is 14.6 Å². The summed E-state index contributed by atoms with van der Waals surface area (Å²) in [5.74, 6) is -0.0965. The Morgan fingerprint density at radius 1 is 1.25 bits per heavy atom. The predicted molar refractivity (Wildman–Crippen MR) is 76.3 cm³/mol. The number of rotatable bonds is 6. The van der Waals surface area contributed by atoms with Crippen LogP contribution in [0.15, 0.2) is 47.2 Å². The van der Waals surface area contributed by atoms with Crippen molar-refractivity contribution in [3.05, 3.63) is 52.8 Å². The average Bonchev–Trinajstić information content (AvgIpc) is 2.44. The molecule has 0 unspecified atom stereocenters. The van der Waals surface area contributed by atoms with Gasteiger partial charge in [-0.1, -0.05) is 22.0 Å². The highest BCUT2D eigenvalue weighted by Gasteiger charge is 2.10. The number of aromatic nitrogens is 1. The number of hydrogen-bond donors (Lipinski definition) is 1. The predicted octanol–water partition coefficient (Wildman–Crippen LogP) is 3.00. The molecule has 1 aromatic heterocycles. The molecule has 0 spiro atoms. The van der Waals surface area contributed by atoms with Crippen molar-refractivity contribution in [3.8, 4) is 11.5 Å². The number of ether oxygens (including phenoxy) is 2. The Hall–Kier alpha value is -2.08. The fourth-order valence-electron chi connectivity index (χ4n) is 1.54. The largest absolute Gasteiger partial charge is 0.490 e. The van der Waals surface area contributed by atoms with Gasteiger partial charge in [0.05, 0.1) is 6.20 Å². The van der Waals surface area contributed by atoms with Crippen LogP contribution in [0.25, 0.3) is 0 Å². The summed E-state index contributed by atoms with van der Waals surface area (Å²) in [6, 6.07) is 8.83. The van der Waals surface area contributed by atoms with Crippen molar-refractivity contribution >= 4 is 21.9 Å². The lowest BCUT2D eigenvalue weighted by molar-refractivity contribution is 0.0691. The Morgan fingerprint density at radius 2 is 2.05 bits per heavy atom.